The van der Waals surface area contributed by atoms with Gasteiger partial charge in [0, 0.05) is 17.6 Å². The first-order chi connectivity index (χ1) is 13.7. The summed E-state index contributed by atoms with van der Waals surface area (Å²) in [7, 11) is 0. The van der Waals surface area contributed by atoms with Crippen molar-refractivity contribution in [2.45, 2.75) is 40.7 Å². The van der Waals surface area contributed by atoms with Crippen LogP contribution in [0.5, 0.6) is 0 Å². The number of amides is 2. The average molecular weight is 481 g/mol. The van der Waals surface area contributed by atoms with Crippen molar-refractivity contribution in [3.8, 4) is 0 Å². The quantitative estimate of drug-likeness (QED) is 0.558. The molecule has 0 unspecified atom stereocenters. The first-order valence-corrected chi connectivity index (χ1v) is 11.0. The van der Waals surface area contributed by atoms with Crippen LogP contribution in [0.4, 0.5) is 5.00 Å². The molecular formula is C21H25BrN2O4S. The molecule has 0 aliphatic rings. The molecule has 0 saturated carbocycles. The van der Waals surface area contributed by atoms with Crippen LogP contribution in [0.25, 0.3) is 0 Å². The maximum atomic E-state index is 12.9. The summed E-state index contributed by atoms with van der Waals surface area (Å²) in [5, 5.41) is 3.10. The van der Waals surface area contributed by atoms with E-state index in [2.05, 4.69) is 21.2 Å². The van der Waals surface area contributed by atoms with Crippen molar-refractivity contribution in [3.05, 3.63) is 50.3 Å². The standard InChI is InChI=1S/C21H25BrN2O4S/c1-6-24(7-2)20(26)17-13(5)16(21(27)28-12(3)4)19(29-17)23-18(25)14-10-8-9-11-15(14)22/h8-12H,6-7H2,1-5H3,(H,23,25). The molecule has 0 spiro atoms. The number of nitrogens with zero attached hydrogens (tertiary/aromatic N) is 1. The molecule has 2 amide bonds. The molecule has 0 aliphatic heterocycles. The zero-order valence-electron chi connectivity index (χ0n) is 17.2. The summed E-state index contributed by atoms with van der Waals surface area (Å²) >= 11 is 4.46. The lowest BCUT2D eigenvalue weighted by atomic mass is 10.1. The summed E-state index contributed by atoms with van der Waals surface area (Å²) < 4.78 is 5.99. The summed E-state index contributed by atoms with van der Waals surface area (Å²) in [6.45, 7) is 10.1. The average Bonchev–Trinajstić information content (AvgIpc) is 2.98. The van der Waals surface area contributed by atoms with Crippen LogP contribution < -0.4 is 5.32 Å². The van der Waals surface area contributed by atoms with Crippen molar-refractivity contribution >= 4 is 50.1 Å². The molecule has 1 aromatic heterocycles. The van der Waals surface area contributed by atoms with E-state index in [-0.39, 0.29) is 23.5 Å². The van der Waals surface area contributed by atoms with Crippen LogP contribution in [0.1, 0.15) is 63.6 Å². The molecule has 0 saturated heterocycles. The van der Waals surface area contributed by atoms with Crippen molar-refractivity contribution in [3.63, 3.8) is 0 Å². The van der Waals surface area contributed by atoms with Gasteiger partial charge in [0.15, 0.2) is 0 Å². The molecule has 0 aliphatic carbocycles. The second-order valence-corrected chi connectivity index (χ2v) is 8.50. The highest BCUT2D eigenvalue weighted by Crippen LogP contribution is 2.35. The van der Waals surface area contributed by atoms with E-state index in [1.54, 1.807) is 43.9 Å². The first kappa shape index (κ1) is 23.1. The maximum Gasteiger partial charge on any atom is 0.341 e. The van der Waals surface area contributed by atoms with Gasteiger partial charge in [0.25, 0.3) is 11.8 Å². The number of esters is 1. The Morgan fingerprint density at radius 1 is 1.17 bits per heavy atom. The van der Waals surface area contributed by atoms with Gasteiger partial charge in [0.2, 0.25) is 0 Å². The van der Waals surface area contributed by atoms with Gasteiger partial charge in [-0.1, -0.05) is 12.1 Å². The number of rotatable bonds is 7. The molecule has 6 nitrogen and oxygen atoms in total. The molecular weight excluding hydrogens is 456 g/mol. The number of ether oxygens (including phenoxy) is 1. The van der Waals surface area contributed by atoms with Gasteiger partial charge in [-0.05, 0) is 68.2 Å². The predicted octanol–water partition coefficient (Wildman–Crippen LogP) is 5.12. The van der Waals surface area contributed by atoms with Crippen LogP contribution in [0.2, 0.25) is 0 Å². The van der Waals surface area contributed by atoms with Crippen LogP contribution in [0.3, 0.4) is 0 Å². The van der Waals surface area contributed by atoms with Crippen LogP contribution >= 0.6 is 27.3 Å². The highest BCUT2D eigenvalue weighted by molar-refractivity contribution is 9.10. The van der Waals surface area contributed by atoms with Crippen LogP contribution in [0, 0.1) is 6.92 Å². The van der Waals surface area contributed by atoms with E-state index >= 15 is 0 Å². The monoisotopic (exact) mass is 480 g/mol. The zero-order chi connectivity index (χ0) is 21.7. The molecule has 156 valence electrons. The summed E-state index contributed by atoms with van der Waals surface area (Å²) in [4.78, 5) is 40.5. The third-order valence-electron chi connectivity index (χ3n) is 4.28. The minimum absolute atomic E-state index is 0.169. The van der Waals surface area contributed by atoms with E-state index < -0.39 is 5.97 Å². The highest BCUT2D eigenvalue weighted by Gasteiger charge is 2.29. The number of carbonyl (C=O) groups is 3. The number of thiophene rings is 1. The first-order valence-electron chi connectivity index (χ1n) is 9.40. The third-order valence-corrected chi connectivity index (χ3v) is 6.17. The van der Waals surface area contributed by atoms with Crippen molar-refractivity contribution in [2.75, 3.05) is 18.4 Å². The lowest BCUT2D eigenvalue weighted by Crippen LogP contribution is -2.30. The number of hydrogen-bond acceptors (Lipinski definition) is 5. The van der Waals surface area contributed by atoms with Gasteiger partial charge in [0.1, 0.15) is 5.00 Å². The fourth-order valence-corrected chi connectivity index (χ4v) is 4.42. The molecule has 0 radical (unpaired) electrons. The molecule has 0 bridgehead atoms. The minimum atomic E-state index is -0.560. The Morgan fingerprint density at radius 2 is 1.79 bits per heavy atom. The lowest BCUT2D eigenvalue weighted by molar-refractivity contribution is 0.0379. The fraction of sp³-hybridized carbons (Fsp3) is 0.381. The molecule has 2 rings (SSSR count). The summed E-state index contributed by atoms with van der Waals surface area (Å²) in [6.07, 6.45) is -0.324. The molecule has 0 atom stereocenters. The Hall–Kier alpha value is -2.19. The minimum Gasteiger partial charge on any atom is -0.459 e. The van der Waals surface area contributed by atoms with Crippen LogP contribution in [-0.4, -0.2) is 41.9 Å². The Kier molecular flexibility index (Phi) is 7.98. The maximum absolute atomic E-state index is 12.9. The van der Waals surface area contributed by atoms with E-state index in [4.69, 9.17) is 4.74 Å². The highest BCUT2D eigenvalue weighted by atomic mass is 79.9. The lowest BCUT2D eigenvalue weighted by Gasteiger charge is -2.18. The van der Waals surface area contributed by atoms with E-state index in [9.17, 15) is 14.4 Å². The van der Waals surface area contributed by atoms with E-state index in [0.29, 0.717) is 38.6 Å². The fourth-order valence-electron chi connectivity index (χ4n) is 2.79. The number of halogens is 1. The van der Waals surface area contributed by atoms with E-state index in [0.717, 1.165) is 11.3 Å². The smallest absolute Gasteiger partial charge is 0.341 e. The molecule has 8 heteroatoms. The topological polar surface area (TPSA) is 75.7 Å². The summed E-state index contributed by atoms with van der Waals surface area (Å²) in [5.41, 5.74) is 1.16. The van der Waals surface area contributed by atoms with Crippen LogP contribution in [-0.2, 0) is 4.74 Å². The van der Waals surface area contributed by atoms with Crippen molar-refractivity contribution in [2.24, 2.45) is 0 Å². The molecule has 29 heavy (non-hydrogen) atoms. The Labute approximate surface area is 183 Å². The van der Waals surface area contributed by atoms with Gasteiger partial charge >= 0.3 is 5.97 Å². The van der Waals surface area contributed by atoms with Crippen molar-refractivity contribution < 1.29 is 19.1 Å². The zero-order valence-corrected chi connectivity index (χ0v) is 19.6. The molecule has 1 aromatic carbocycles. The normalized spacial score (nSPS) is 10.7. The number of hydrogen-bond donors (Lipinski definition) is 1. The van der Waals surface area contributed by atoms with Gasteiger partial charge in [-0.15, -0.1) is 11.3 Å². The molecule has 0 fully saturated rings. The second-order valence-electron chi connectivity index (χ2n) is 6.63. The largest absolute Gasteiger partial charge is 0.459 e. The Morgan fingerprint density at radius 3 is 2.34 bits per heavy atom. The Bertz CT molecular complexity index is 919. The summed E-state index contributed by atoms with van der Waals surface area (Å²) in [5.74, 6) is -1.11. The van der Waals surface area contributed by atoms with Crippen molar-refractivity contribution in [1.82, 2.24) is 4.90 Å². The predicted molar refractivity (Wildman–Crippen MR) is 119 cm³/mol. The molecule has 2 aromatic rings. The second kappa shape index (κ2) is 10.0. The van der Waals surface area contributed by atoms with Gasteiger partial charge in [-0.3, -0.25) is 9.59 Å². The summed E-state index contributed by atoms with van der Waals surface area (Å²) in [6, 6.07) is 7.00. The van der Waals surface area contributed by atoms with Crippen LogP contribution in [0.15, 0.2) is 28.7 Å². The number of nitrogens with one attached hydrogen (secondary N) is 1. The van der Waals surface area contributed by atoms with Gasteiger partial charge in [-0.2, -0.15) is 0 Å². The van der Waals surface area contributed by atoms with Crippen molar-refractivity contribution in [1.29, 1.82) is 0 Å². The van der Waals surface area contributed by atoms with E-state index in [1.807, 2.05) is 19.9 Å². The number of anilines is 1. The van der Waals surface area contributed by atoms with Gasteiger partial charge < -0.3 is 15.0 Å². The number of carbonyl (C=O) groups excluding carboxylic acids is 3. The van der Waals surface area contributed by atoms with Gasteiger partial charge in [-0.25, -0.2) is 4.79 Å². The van der Waals surface area contributed by atoms with Gasteiger partial charge in [0.05, 0.1) is 22.1 Å². The Balaban J connectivity index is 2.50. The molecule has 1 heterocycles. The van der Waals surface area contributed by atoms with E-state index in [1.165, 1.54) is 0 Å². The molecule has 1 N–H and O–H groups in total. The third kappa shape index (κ3) is 5.25. The number of benzene rings is 1. The SMILES string of the molecule is CCN(CC)C(=O)c1sc(NC(=O)c2ccccc2Br)c(C(=O)OC(C)C)c1C.